The van der Waals surface area contributed by atoms with Crippen molar-refractivity contribution in [1.29, 1.82) is 0 Å². The van der Waals surface area contributed by atoms with Gasteiger partial charge in [0.05, 0.1) is 6.61 Å². The van der Waals surface area contributed by atoms with E-state index in [4.69, 9.17) is 10.5 Å². The topological polar surface area (TPSA) is 38.5 Å². The van der Waals surface area contributed by atoms with Gasteiger partial charge in [-0.25, -0.2) is 0 Å². The van der Waals surface area contributed by atoms with Crippen LogP contribution in [0.25, 0.3) is 0 Å². The molecule has 19 heavy (non-hydrogen) atoms. The molecule has 2 aliphatic carbocycles. The SMILES string of the molecule is COCCN(C(C)C1CC1)C1(CN)CCCC1(C)C. The monoisotopic (exact) mass is 268 g/mol. The Morgan fingerprint density at radius 3 is 2.42 bits per heavy atom. The van der Waals surface area contributed by atoms with E-state index in [0.29, 0.717) is 11.5 Å². The summed E-state index contributed by atoms with van der Waals surface area (Å²) in [6, 6.07) is 0.649. The van der Waals surface area contributed by atoms with Gasteiger partial charge < -0.3 is 10.5 Å². The number of hydrogen-bond acceptors (Lipinski definition) is 3. The molecule has 0 aromatic carbocycles. The second-order valence-corrected chi connectivity index (χ2v) is 7.24. The van der Waals surface area contributed by atoms with Crippen molar-refractivity contribution >= 4 is 0 Å². The quantitative estimate of drug-likeness (QED) is 0.771. The van der Waals surface area contributed by atoms with Crippen LogP contribution in [0, 0.1) is 11.3 Å². The minimum atomic E-state index is 0.174. The third-order valence-electron chi connectivity index (χ3n) is 5.87. The Labute approximate surface area is 118 Å². The largest absolute Gasteiger partial charge is 0.383 e. The number of rotatable bonds is 7. The van der Waals surface area contributed by atoms with Gasteiger partial charge in [-0.3, -0.25) is 4.90 Å². The first-order chi connectivity index (χ1) is 8.98. The predicted octanol–water partition coefficient (Wildman–Crippen LogP) is 2.64. The van der Waals surface area contributed by atoms with E-state index in [1.54, 1.807) is 7.11 Å². The number of hydrogen-bond donors (Lipinski definition) is 1. The molecule has 2 aliphatic rings. The van der Waals surface area contributed by atoms with Crippen molar-refractivity contribution in [3.63, 3.8) is 0 Å². The first-order valence-corrected chi connectivity index (χ1v) is 7.94. The Hall–Kier alpha value is -0.120. The summed E-state index contributed by atoms with van der Waals surface area (Å²) in [5, 5.41) is 0. The summed E-state index contributed by atoms with van der Waals surface area (Å²) >= 11 is 0. The molecule has 2 rings (SSSR count). The lowest BCUT2D eigenvalue weighted by molar-refractivity contribution is -0.0337. The number of ether oxygens (including phenoxy) is 1. The zero-order chi connectivity index (χ0) is 14.1. The van der Waals surface area contributed by atoms with Crippen LogP contribution in [-0.2, 0) is 4.74 Å². The fourth-order valence-corrected chi connectivity index (χ4v) is 4.25. The summed E-state index contributed by atoms with van der Waals surface area (Å²) in [5.74, 6) is 0.886. The van der Waals surface area contributed by atoms with Gasteiger partial charge in [-0.15, -0.1) is 0 Å². The van der Waals surface area contributed by atoms with E-state index in [1.807, 2.05) is 0 Å². The van der Waals surface area contributed by atoms with E-state index in [-0.39, 0.29) is 5.54 Å². The van der Waals surface area contributed by atoms with E-state index < -0.39 is 0 Å². The molecule has 112 valence electrons. The summed E-state index contributed by atoms with van der Waals surface area (Å²) < 4.78 is 5.36. The molecule has 2 saturated carbocycles. The van der Waals surface area contributed by atoms with Crippen LogP contribution in [0.15, 0.2) is 0 Å². The van der Waals surface area contributed by atoms with Gasteiger partial charge >= 0.3 is 0 Å². The average Bonchev–Trinajstić information content (AvgIpc) is 3.16. The van der Waals surface area contributed by atoms with Crippen molar-refractivity contribution in [3.8, 4) is 0 Å². The maximum absolute atomic E-state index is 6.29. The maximum Gasteiger partial charge on any atom is 0.0590 e. The van der Waals surface area contributed by atoms with E-state index in [0.717, 1.165) is 25.6 Å². The Balaban J connectivity index is 2.23. The molecule has 2 atom stereocenters. The van der Waals surface area contributed by atoms with E-state index in [1.165, 1.54) is 32.1 Å². The van der Waals surface area contributed by atoms with E-state index in [2.05, 4.69) is 25.7 Å². The van der Waals surface area contributed by atoms with Crippen LogP contribution < -0.4 is 5.73 Å². The zero-order valence-electron chi connectivity index (χ0n) is 13.2. The lowest BCUT2D eigenvalue weighted by Gasteiger charge is -2.52. The zero-order valence-corrected chi connectivity index (χ0v) is 13.2. The summed E-state index contributed by atoms with van der Waals surface area (Å²) in [6.45, 7) is 9.84. The van der Waals surface area contributed by atoms with Gasteiger partial charge in [-0.1, -0.05) is 20.3 Å². The van der Waals surface area contributed by atoms with Gasteiger partial charge in [0.15, 0.2) is 0 Å². The van der Waals surface area contributed by atoms with Crippen molar-refractivity contribution in [2.24, 2.45) is 17.1 Å². The van der Waals surface area contributed by atoms with Crippen LogP contribution in [0.3, 0.4) is 0 Å². The summed E-state index contributed by atoms with van der Waals surface area (Å²) in [5.41, 5.74) is 6.79. The normalized spacial score (nSPS) is 31.9. The second kappa shape index (κ2) is 5.71. The van der Waals surface area contributed by atoms with Gasteiger partial charge in [-0.05, 0) is 43.9 Å². The highest BCUT2D eigenvalue weighted by molar-refractivity contribution is 5.09. The van der Waals surface area contributed by atoms with Gasteiger partial charge in [0.1, 0.15) is 0 Å². The summed E-state index contributed by atoms with van der Waals surface area (Å²) in [4.78, 5) is 2.71. The van der Waals surface area contributed by atoms with Gasteiger partial charge in [0.25, 0.3) is 0 Å². The highest BCUT2D eigenvalue weighted by Gasteiger charge is 2.53. The Morgan fingerprint density at radius 2 is 2.00 bits per heavy atom. The summed E-state index contributed by atoms with van der Waals surface area (Å²) in [7, 11) is 1.80. The molecule has 0 radical (unpaired) electrons. The minimum absolute atomic E-state index is 0.174. The highest BCUT2D eigenvalue weighted by Crippen LogP contribution is 2.51. The van der Waals surface area contributed by atoms with Crippen LogP contribution in [0.5, 0.6) is 0 Å². The van der Waals surface area contributed by atoms with Crippen LogP contribution in [0.1, 0.15) is 52.9 Å². The fourth-order valence-electron chi connectivity index (χ4n) is 4.25. The van der Waals surface area contributed by atoms with Crippen molar-refractivity contribution in [2.75, 3.05) is 26.8 Å². The van der Waals surface area contributed by atoms with Gasteiger partial charge in [0.2, 0.25) is 0 Å². The van der Waals surface area contributed by atoms with Crippen molar-refractivity contribution in [1.82, 2.24) is 4.90 Å². The molecule has 0 heterocycles. The smallest absolute Gasteiger partial charge is 0.0590 e. The average molecular weight is 268 g/mol. The van der Waals surface area contributed by atoms with Crippen LogP contribution >= 0.6 is 0 Å². The lowest BCUT2D eigenvalue weighted by Crippen LogP contribution is -2.63. The molecule has 2 fully saturated rings. The molecule has 0 aromatic heterocycles. The molecule has 2 N–H and O–H groups in total. The summed E-state index contributed by atoms with van der Waals surface area (Å²) in [6.07, 6.45) is 6.64. The number of methoxy groups -OCH3 is 1. The van der Waals surface area contributed by atoms with Crippen LogP contribution in [-0.4, -0.2) is 43.3 Å². The number of nitrogens with two attached hydrogens (primary N) is 1. The number of nitrogens with zero attached hydrogens (tertiary/aromatic N) is 1. The van der Waals surface area contributed by atoms with Gasteiger partial charge in [0, 0.05) is 31.8 Å². The van der Waals surface area contributed by atoms with Crippen molar-refractivity contribution in [3.05, 3.63) is 0 Å². The molecule has 0 spiro atoms. The molecule has 2 unspecified atom stereocenters. The third-order valence-corrected chi connectivity index (χ3v) is 5.87. The third kappa shape index (κ3) is 2.70. The van der Waals surface area contributed by atoms with E-state index in [9.17, 15) is 0 Å². The van der Waals surface area contributed by atoms with Crippen LogP contribution in [0.4, 0.5) is 0 Å². The molecule has 0 aromatic rings. The molecule has 0 amide bonds. The molecule has 3 heteroatoms. The first kappa shape index (κ1) is 15.3. The Bertz CT molecular complexity index is 301. The molecule has 0 aliphatic heterocycles. The molecule has 0 bridgehead atoms. The minimum Gasteiger partial charge on any atom is -0.383 e. The first-order valence-electron chi connectivity index (χ1n) is 7.94. The molecular weight excluding hydrogens is 236 g/mol. The fraction of sp³-hybridized carbons (Fsp3) is 1.00. The van der Waals surface area contributed by atoms with Crippen molar-refractivity contribution in [2.45, 2.75) is 64.5 Å². The Kier molecular flexibility index (Phi) is 4.59. The van der Waals surface area contributed by atoms with E-state index >= 15 is 0 Å². The standard InChI is InChI=1S/C16H32N2O/c1-13(14-6-7-14)18(10-11-19-4)16(12-17)9-5-8-15(16,2)3/h13-14H,5-12,17H2,1-4H3. The second-order valence-electron chi connectivity index (χ2n) is 7.24. The predicted molar refractivity (Wildman–Crippen MR) is 80.2 cm³/mol. The molecule has 3 nitrogen and oxygen atoms in total. The molecule has 0 saturated heterocycles. The lowest BCUT2D eigenvalue weighted by atomic mass is 9.72. The maximum atomic E-state index is 6.29. The molecular formula is C16H32N2O. The van der Waals surface area contributed by atoms with Gasteiger partial charge in [-0.2, -0.15) is 0 Å². The Morgan fingerprint density at radius 1 is 1.32 bits per heavy atom. The van der Waals surface area contributed by atoms with Crippen molar-refractivity contribution < 1.29 is 4.74 Å². The highest BCUT2D eigenvalue weighted by atomic mass is 16.5. The van der Waals surface area contributed by atoms with Crippen LogP contribution in [0.2, 0.25) is 0 Å².